The summed E-state index contributed by atoms with van der Waals surface area (Å²) in [6.45, 7) is 0. The SMILES string of the molecule is Oc1csc2ccnc(NP)c12. The van der Waals surface area contributed by atoms with Crippen molar-refractivity contribution in [1.82, 2.24) is 4.98 Å². The normalized spacial score (nSPS) is 10.4. The van der Waals surface area contributed by atoms with Crippen LogP contribution in [0.15, 0.2) is 17.6 Å². The topological polar surface area (TPSA) is 45.2 Å². The zero-order valence-electron chi connectivity index (χ0n) is 6.11. The van der Waals surface area contributed by atoms with Crippen LogP contribution in [0.4, 0.5) is 5.82 Å². The van der Waals surface area contributed by atoms with Crippen molar-refractivity contribution in [3.8, 4) is 5.75 Å². The number of aromatic nitrogens is 1. The number of thiophene rings is 1. The summed E-state index contributed by atoms with van der Waals surface area (Å²) in [5.41, 5.74) is 0. The van der Waals surface area contributed by atoms with Crippen LogP contribution in [0.5, 0.6) is 5.75 Å². The fraction of sp³-hybridized carbons (Fsp3) is 0. The molecule has 3 nitrogen and oxygen atoms in total. The summed E-state index contributed by atoms with van der Waals surface area (Å²) in [7, 11) is 2.36. The lowest BCUT2D eigenvalue weighted by Crippen LogP contribution is -1.83. The molecule has 1 atom stereocenters. The van der Waals surface area contributed by atoms with Gasteiger partial charge in [0.2, 0.25) is 0 Å². The number of hydrogen-bond donors (Lipinski definition) is 2. The van der Waals surface area contributed by atoms with E-state index in [1.54, 1.807) is 11.6 Å². The van der Waals surface area contributed by atoms with E-state index in [0.717, 1.165) is 10.1 Å². The first kappa shape index (κ1) is 7.77. The van der Waals surface area contributed by atoms with Gasteiger partial charge in [-0.2, -0.15) is 0 Å². The predicted octanol–water partition coefficient (Wildman–Crippen LogP) is 2.20. The van der Waals surface area contributed by atoms with Crippen molar-refractivity contribution in [1.29, 1.82) is 0 Å². The quantitative estimate of drug-likeness (QED) is 0.690. The number of pyridine rings is 1. The molecule has 0 aromatic carbocycles. The van der Waals surface area contributed by atoms with Gasteiger partial charge in [0.25, 0.3) is 0 Å². The molecule has 0 bridgehead atoms. The van der Waals surface area contributed by atoms with Gasteiger partial charge in [0.1, 0.15) is 11.6 Å². The number of hydrogen-bond acceptors (Lipinski definition) is 4. The molecule has 2 N–H and O–H groups in total. The molecule has 0 radical (unpaired) electrons. The average molecular weight is 198 g/mol. The van der Waals surface area contributed by atoms with Gasteiger partial charge in [-0.15, -0.1) is 11.3 Å². The molecule has 5 heteroatoms. The zero-order valence-corrected chi connectivity index (χ0v) is 8.08. The first-order valence-electron chi connectivity index (χ1n) is 3.34. The Balaban J connectivity index is 2.84. The Kier molecular flexibility index (Phi) is 1.87. The van der Waals surface area contributed by atoms with Crippen molar-refractivity contribution in [3.05, 3.63) is 17.6 Å². The van der Waals surface area contributed by atoms with Crippen molar-refractivity contribution >= 4 is 36.6 Å². The highest BCUT2D eigenvalue weighted by Gasteiger charge is 2.06. The van der Waals surface area contributed by atoms with Crippen molar-refractivity contribution in [2.24, 2.45) is 0 Å². The number of nitrogens with one attached hydrogen (secondary N) is 1. The van der Waals surface area contributed by atoms with Gasteiger partial charge in [-0.05, 0) is 15.5 Å². The predicted molar refractivity (Wildman–Crippen MR) is 54.6 cm³/mol. The third-order valence-corrected chi connectivity index (χ3v) is 2.81. The number of fused-ring (bicyclic) bond motifs is 1. The lowest BCUT2D eigenvalue weighted by molar-refractivity contribution is 0.484. The minimum absolute atomic E-state index is 0.285. The highest BCUT2D eigenvalue weighted by Crippen LogP contribution is 2.35. The molecule has 2 heterocycles. The Morgan fingerprint density at radius 1 is 1.58 bits per heavy atom. The smallest absolute Gasteiger partial charge is 0.141 e. The van der Waals surface area contributed by atoms with Crippen LogP contribution in [0.3, 0.4) is 0 Å². The van der Waals surface area contributed by atoms with E-state index in [9.17, 15) is 5.11 Å². The molecule has 0 saturated heterocycles. The van der Waals surface area contributed by atoms with Crippen LogP contribution in [0.2, 0.25) is 0 Å². The fourth-order valence-electron chi connectivity index (χ4n) is 1.08. The van der Waals surface area contributed by atoms with Gasteiger partial charge in [-0.25, -0.2) is 4.98 Å². The highest BCUT2D eigenvalue weighted by molar-refractivity contribution is 7.19. The maximum Gasteiger partial charge on any atom is 0.141 e. The Hall–Kier alpha value is -0.860. The molecule has 0 aliphatic carbocycles. The third-order valence-electron chi connectivity index (χ3n) is 1.60. The Morgan fingerprint density at radius 3 is 3.17 bits per heavy atom. The van der Waals surface area contributed by atoms with Crippen molar-refractivity contribution in [2.75, 3.05) is 5.09 Å². The average Bonchev–Trinajstić information content (AvgIpc) is 2.48. The first-order valence-corrected chi connectivity index (χ1v) is 4.80. The number of nitrogens with zero attached hydrogens (tertiary/aromatic N) is 1. The molecule has 62 valence electrons. The molecule has 1 unspecified atom stereocenters. The molecule has 0 spiro atoms. The van der Waals surface area contributed by atoms with E-state index in [0.29, 0.717) is 5.82 Å². The summed E-state index contributed by atoms with van der Waals surface area (Å²) in [6.07, 6.45) is 1.71. The Morgan fingerprint density at radius 2 is 2.42 bits per heavy atom. The monoisotopic (exact) mass is 198 g/mol. The summed E-state index contributed by atoms with van der Waals surface area (Å²) in [5.74, 6) is 0.976. The van der Waals surface area contributed by atoms with Gasteiger partial charge in [-0.1, -0.05) is 0 Å². The summed E-state index contributed by atoms with van der Waals surface area (Å²) in [5, 5.41) is 14.8. The highest BCUT2D eigenvalue weighted by atomic mass is 32.1. The van der Waals surface area contributed by atoms with E-state index in [4.69, 9.17) is 0 Å². The standard InChI is InChI=1S/C7H7N2OPS/c10-4-3-12-5-1-2-8-7(9-11)6(4)5/h1-3,10H,11H2,(H,8,9). The summed E-state index contributed by atoms with van der Waals surface area (Å²) in [4.78, 5) is 4.07. The largest absolute Gasteiger partial charge is 0.506 e. The Labute approximate surface area is 75.7 Å². The molecular weight excluding hydrogens is 191 g/mol. The zero-order chi connectivity index (χ0) is 8.55. The number of rotatable bonds is 1. The van der Waals surface area contributed by atoms with E-state index in [1.807, 2.05) is 6.07 Å². The molecule has 0 aliphatic rings. The fourth-order valence-corrected chi connectivity index (χ4v) is 2.11. The summed E-state index contributed by atoms with van der Waals surface area (Å²) >= 11 is 1.50. The van der Waals surface area contributed by atoms with Gasteiger partial charge in [-0.3, -0.25) is 0 Å². The van der Waals surface area contributed by atoms with Crippen LogP contribution in [-0.4, -0.2) is 10.1 Å². The maximum absolute atomic E-state index is 9.44. The summed E-state index contributed by atoms with van der Waals surface area (Å²) < 4.78 is 1.03. The summed E-state index contributed by atoms with van der Waals surface area (Å²) in [6, 6.07) is 1.88. The number of anilines is 1. The van der Waals surface area contributed by atoms with Gasteiger partial charge in [0, 0.05) is 16.3 Å². The van der Waals surface area contributed by atoms with E-state index in [1.165, 1.54) is 11.3 Å². The van der Waals surface area contributed by atoms with Gasteiger partial charge in [0.15, 0.2) is 0 Å². The first-order chi connectivity index (χ1) is 5.83. The molecule has 0 aliphatic heterocycles. The van der Waals surface area contributed by atoms with Crippen molar-refractivity contribution in [3.63, 3.8) is 0 Å². The van der Waals surface area contributed by atoms with Crippen molar-refractivity contribution < 1.29 is 5.11 Å². The second-order valence-electron chi connectivity index (χ2n) is 2.30. The molecule has 2 aromatic heterocycles. The van der Waals surface area contributed by atoms with E-state index >= 15 is 0 Å². The lowest BCUT2D eigenvalue weighted by atomic mass is 10.3. The van der Waals surface area contributed by atoms with Crippen LogP contribution < -0.4 is 5.09 Å². The van der Waals surface area contributed by atoms with Gasteiger partial charge >= 0.3 is 0 Å². The van der Waals surface area contributed by atoms with Gasteiger partial charge < -0.3 is 10.2 Å². The second kappa shape index (κ2) is 2.88. The molecule has 0 amide bonds. The van der Waals surface area contributed by atoms with Crippen LogP contribution in [0, 0.1) is 0 Å². The molecule has 0 saturated carbocycles. The third kappa shape index (κ3) is 1.04. The lowest BCUT2D eigenvalue weighted by Gasteiger charge is -1.99. The van der Waals surface area contributed by atoms with Crippen molar-refractivity contribution in [2.45, 2.75) is 0 Å². The van der Waals surface area contributed by atoms with E-state index in [2.05, 4.69) is 19.5 Å². The second-order valence-corrected chi connectivity index (χ2v) is 3.50. The molecule has 2 aromatic rings. The van der Waals surface area contributed by atoms with Crippen LogP contribution >= 0.6 is 20.7 Å². The molecule has 2 rings (SSSR count). The number of aromatic hydroxyl groups is 1. The molecule has 12 heavy (non-hydrogen) atoms. The van der Waals surface area contributed by atoms with Crippen LogP contribution in [-0.2, 0) is 0 Å². The maximum atomic E-state index is 9.44. The van der Waals surface area contributed by atoms with E-state index < -0.39 is 0 Å². The molecule has 0 fully saturated rings. The molecular formula is C7H7N2OPS. The van der Waals surface area contributed by atoms with Crippen LogP contribution in [0.1, 0.15) is 0 Å². The minimum Gasteiger partial charge on any atom is -0.506 e. The van der Waals surface area contributed by atoms with Crippen LogP contribution in [0.25, 0.3) is 10.1 Å². The minimum atomic E-state index is 0.285. The van der Waals surface area contributed by atoms with E-state index in [-0.39, 0.29) is 5.75 Å². The van der Waals surface area contributed by atoms with Gasteiger partial charge in [0.05, 0.1) is 5.39 Å². The Bertz CT molecular complexity index is 415.